The van der Waals surface area contributed by atoms with Crippen molar-refractivity contribution in [1.82, 2.24) is 25.6 Å². The minimum absolute atomic E-state index is 0.237. The van der Waals surface area contributed by atoms with Crippen LogP contribution in [0.4, 0.5) is 5.82 Å². The number of aromatic nitrogens is 5. The van der Waals surface area contributed by atoms with Gasteiger partial charge in [-0.2, -0.15) is 10.5 Å². The van der Waals surface area contributed by atoms with Crippen molar-refractivity contribution in [3.8, 4) is 6.07 Å². The highest BCUT2D eigenvalue weighted by atomic mass is 15.5. The number of hydrogen-bond acceptors (Lipinski definition) is 6. The van der Waals surface area contributed by atoms with Crippen LogP contribution in [-0.4, -0.2) is 38.7 Å². The van der Waals surface area contributed by atoms with E-state index >= 15 is 0 Å². The van der Waals surface area contributed by atoms with Crippen molar-refractivity contribution in [2.24, 2.45) is 0 Å². The highest BCUT2D eigenvalue weighted by molar-refractivity contribution is 5.53. The summed E-state index contributed by atoms with van der Waals surface area (Å²) in [7, 11) is 0. The zero-order valence-corrected chi connectivity index (χ0v) is 10.3. The lowest BCUT2D eigenvalue weighted by Gasteiger charge is -2.32. The maximum atomic E-state index is 9.14. The summed E-state index contributed by atoms with van der Waals surface area (Å²) in [5.74, 6) is 1.72. The number of H-pyrrole nitrogens is 1. The molecule has 2 aromatic rings. The van der Waals surface area contributed by atoms with Gasteiger partial charge in [0.1, 0.15) is 11.9 Å². The minimum Gasteiger partial charge on any atom is -0.355 e. The highest BCUT2D eigenvalue weighted by Gasteiger charge is 2.26. The molecule has 0 aliphatic carbocycles. The molecule has 3 heterocycles. The van der Waals surface area contributed by atoms with Crippen LogP contribution in [0.25, 0.3) is 0 Å². The lowest BCUT2D eigenvalue weighted by molar-refractivity contribution is 0.489. The van der Waals surface area contributed by atoms with Gasteiger partial charge in [0.05, 0.1) is 5.56 Å². The van der Waals surface area contributed by atoms with Crippen LogP contribution < -0.4 is 4.90 Å². The number of piperidine rings is 1. The molecule has 7 heteroatoms. The molecular weight excluding hydrogens is 242 g/mol. The first kappa shape index (κ1) is 11.6. The Balaban J connectivity index is 1.84. The molecule has 2 aromatic heterocycles. The lowest BCUT2D eigenvalue weighted by Crippen LogP contribution is -2.35. The van der Waals surface area contributed by atoms with Crippen LogP contribution in [0.3, 0.4) is 0 Å². The Bertz CT molecular complexity index is 586. The number of nitriles is 1. The van der Waals surface area contributed by atoms with Crippen LogP contribution >= 0.6 is 0 Å². The Hall–Kier alpha value is -2.49. The van der Waals surface area contributed by atoms with Crippen molar-refractivity contribution < 1.29 is 0 Å². The van der Waals surface area contributed by atoms with E-state index in [4.69, 9.17) is 5.26 Å². The van der Waals surface area contributed by atoms with E-state index in [9.17, 15) is 0 Å². The second-order valence-corrected chi connectivity index (χ2v) is 4.54. The minimum atomic E-state index is 0.237. The van der Waals surface area contributed by atoms with Crippen molar-refractivity contribution in [2.75, 3.05) is 18.0 Å². The van der Waals surface area contributed by atoms with E-state index in [2.05, 4.69) is 36.6 Å². The number of nitrogens with one attached hydrogen (secondary N) is 1. The van der Waals surface area contributed by atoms with Gasteiger partial charge in [-0.3, -0.25) is 0 Å². The smallest absolute Gasteiger partial charge is 0.179 e. The largest absolute Gasteiger partial charge is 0.355 e. The topological polar surface area (TPSA) is 94.4 Å². The molecule has 0 radical (unpaired) electrons. The summed E-state index contributed by atoms with van der Waals surface area (Å²) >= 11 is 0. The zero-order valence-electron chi connectivity index (χ0n) is 10.3. The number of nitrogens with zero attached hydrogens (tertiary/aromatic N) is 6. The number of hydrogen-bond donors (Lipinski definition) is 1. The summed E-state index contributed by atoms with van der Waals surface area (Å²) in [6, 6.07) is 5.76. The Kier molecular flexibility index (Phi) is 3.06. The van der Waals surface area contributed by atoms with Gasteiger partial charge in [-0.1, -0.05) is 5.21 Å². The molecule has 1 N–H and O–H groups in total. The molecule has 19 heavy (non-hydrogen) atoms. The van der Waals surface area contributed by atoms with Crippen LogP contribution in [0.15, 0.2) is 18.3 Å². The fourth-order valence-corrected chi connectivity index (χ4v) is 2.46. The molecule has 1 aliphatic rings. The number of tetrazole rings is 1. The lowest BCUT2D eigenvalue weighted by atomic mass is 9.97. The van der Waals surface area contributed by atoms with E-state index < -0.39 is 0 Å². The van der Waals surface area contributed by atoms with Crippen molar-refractivity contribution >= 4 is 5.82 Å². The number of rotatable bonds is 2. The Morgan fingerprint density at radius 2 is 2.42 bits per heavy atom. The zero-order chi connectivity index (χ0) is 13.1. The van der Waals surface area contributed by atoms with E-state index in [1.165, 1.54) is 0 Å². The molecule has 1 atom stereocenters. The third-order valence-electron chi connectivity index (χ3n) is 3.35. The van der Waals surface area contributed by atoms with Crippen LogP contribution in [-0.2, 0) is 0 Å². The Morgan fingerprint density at radius 3 is 3.21 bits per heavy atom. The molecule has 0 bridgehead atoms. The van der Waals surface area contributed by atoms with Crippen molar-refractivity contribution in [1.29, 1.82) is 5.26 Å². The standard InChI is InChI=1S/C12H13N7/c13-7-9-3-1-5-14-12(9)19-6-2-4-10(8-19)11-15-17-18-16-11/h1,3,5,10H,2,4,6,8H2,(H,15,16,17,18). The number of anilines is 1. The second kappa shape index (κ2) is 5.02. The van der Waals surface area contributed by atoms with E-state index in [0.29, 0.717) is 5.56 Å². The molecule has 1 fully saturated rings. The fraction of sp³-hybridized carbons (Fsp3) is 0.417. The molecular formula is C12H13N7. The van der Waals surface area contributed by atoms with E-state index in [1.807, 2.05) is 0 Å². The molecule has 0 spiro atoms. The quantitative estimate of drug-likeness (QED) is 0.854. The maximum Gasteiger partial charge on any atom is 0.179 e. The summed E-state index contributed by atoms with van der Waals surface area (Å²) in [4.78, 5) is 6.46. The molecule has 0 amide bonds. The van der Waals surface area contributed by atoms with E-state index in [-0.39, 0.29) is 5.92 Å². The molecule has 1 unspecified atom stereocenters. The number of pyridine rings is 1. The Labute approximate surface area is 110 Å². The van der Waals surface area contributed by atoms with Gasteiger partial charge in [-0.15, -0.1) is 10.2 Å². The van der Waals surface area contributed by atoms with Crippen LogP contribution in [0.2, 0.25) is 0 Å². The van der Waals surface area contributed by atoms with Crippen molar-refractivity contribution in [3.05, 3.63) is 29.7 Å². The van der Waals surface area contributed by atoms with Gasteiger partial charge >= 0.3 is 0 Å². The van der Waals surface area contributed by atoms with Gasteiger partial charge in [0.15, 0.2) is 5.82 Å². The molecule has 96 valence electrons. The summed E-state index contributed by atoms with van der Waals surface area (Å²) < 4.78 is 0. The van der Waals surface area contributed by atoms with Gasteiger partial charge in [0.25, 0.3) is 0 Å². The summed E-state index contributed by atoms with van der Waals surface area (Å²) in [6.45, 7) is 1.67. The Morgan fingerprint density at radius 1 is 1.47 bits per heavy atom. The molecule has 0 aromatic carbocycles. The van der Waals surface area contributed by atoms with Crippen molar-refractivity contribution in [3.63, 3.8) is 0 Å². The molecule has 7 nitrogen and oxygen atoms in total. The van der Waals surface area contributed by atoms with Gasteiger partial charge in [0.2, 0.25) is 0 Å². The predicted octanol–water partition coefficient (Wildman–Crippen LogP) is 0.850. The van der Waals surface area contributed by atoms with Gasteiger partial charge < -0.3 is 4.90 Å². The normalized spacial score (nSPS) is 19.1. The van der Waals surface area contributed by atoms with Gasteiger partial charge in [-0.05, 0) is 25.0 Å². The third kappa shape index (κ3) is 2.25. The molecule has 3 rings (SSSR count). The molecule has 1 saturated heterocycles. The van der Waals surface area contributed by atoms with Crippen LogP contribution in [0, 0.1) is 11.3 Å². The first-order valence-electron chi connectivity index (χ1n) is 6.22. The summed E-state index contributed by atoms with van der Waals surface area (Å²) in [5, 5.41) is 23.3. The predicted molar refractivity (Wildman–Crippen MR) is 67.3 cm³/mol. The van der Waals surface area contributed by atoms with Gasteiger partial charge in [0, 0.05) is 25.2 Å². The van der Waals surface area contributed by atoms with Crippen LogP contribution in [0.5, 0.6) is 0 Å². The second-order valence-electron chi connectivity index (χ2n) is 4.54. The third-order valence-corrected chi connectivity index (χ3v) is 3.35. The monoisotopic (exact) mass is 255 g/mol. The van der Waals surface area contributed by atoms with E-state index in [0.717, 1.165) is 37.6 Å². The summed E-state index contributed by atoms with van der Waals surface area (Å²) in [6.07, 6.45) is 3.78. The van der Waals surface area contributed by atoms with Crippen LogP contribution in [0.1, 0.15) is 30.1 Å². The number of aromatic amines is 1. The van der Waals surface area contributed by atoms with E-state index in [1.54, 1.807) is 18.3 Å². The van der Waals surface area contributed by atoms with Crippen molar-refractivity contribution in [2.45, 2.75) is 18.8 Å². The fourth-order valence-electron chi connectivity index (χ4n) is 2.46. The highest BCUT2D eigenvalue weighted by Crippen LogP contribution is 2.28. The average Bonchev–Trinajstić information content (AvgIpc) is 3.01. The maximum absolute atomic E-state index is 9.14. The first-order valence-corrected chi connectivity index (χ1v) is 6.22. The SMILES string of the molecule is N#Cc1cccnc1N1CCCC(c2nn[nH]n2)C1. The average molecular weight is 255 g/mol. The molecule has 0 saturated carbocycles. The first-order chi connectivity index (χ1) is 9.38. The van der Waals surface area contributed by atoms with Gasteiger partial charge in [-0.25, -0.2) is 4.98 Å². The summed E-state index contributed by atoms with van der Waals surface area (Å²) in [5.41, 5.74) is 0.608. The molecule has 1 aliphatic heterocycles.